The van der Waals surface area contributed by atoms with Gasteiger partial charge in [0.05, 0.1) is 18.6 Å². The van der Waals surface area contributed by atoms with Crippen LogP contribution in [0.2, 0.25) is 0 Å². The van der Waals surface area contributed by atoms with Crippen molar-refractivity contribution < 1.29 is 4.39 Å². The molecule has 0 aromatic carbocycles. The normalized spacial score (nSPS) is 10.7. The average Bonchev–Trinajstić information content (AvgIpc) is 2.32. The lowest BCUT2D eigenvalue weighted by atomic mass is 10.4. The highest BCUT2D eigenvalue weighted by atomic mass is 19.1. The number of nitrogens with zero attached hydrogens (tertiary/aromatic N) is 3. The van der Waals surface area contributed by atoms with Gasteiger partial charge >= 0.3 is 0 Å². The van der Waals surface area contributed by atoms with Crippen LogP contribution in [0, 0.1) is 12.7 Å². The number of hydrogen-bond donors (Lipinski definition) is 0. The van der Waals surface area contributed by atoms with E-state index in [0.717, 1.165) is 5.56 Å². The van der Waals surface area contributed by atoms with Crippen LogP contribution in [0.3, 0.4) is 0 Å². The van der Waals surface area contributed by atoms with Gasteiger partial charge in [-0.05, 0) is 6.92 Å². The summed E-state index contributed by atoms with van der Waals surface area (Å²) in [6, 6.07) is 0. The zero-order valence-corrected chi connectivity index (χ0v) is 5.95. The maximum atomic E-state index is 12.5. The van der Waals surface area contributed by atoms with Crippen molar-refractivity contribution in [1.82, 2.24) is 14.6 Å². The van der Waals surface area contributed by atoms with Crippen molar-refractivity contribution in [3.63, 3.8) is 0 Å². The Labute approximate surface area is 62.5 Å². The molecule has 0 N–H and O–H groups in total. The Kier molecular flexibility index (Phi) is 1.15. The van der Waals surface area contributed by atoms with Gasteiger partial charge in [0.1, 0.15) is 0 Å². The lowest BCUT2D eigenvalue weighted by Crippen LogP contribution is -1.91. The van der Waals surface area contributed by atoms with E-state index in [0.29, 0.717) is 5.65 Å². The first-order valence-electron chi connectivity index (χ1n) is 3.23. The maximum Gasteiger partial charge on any atom is 0.159 e. The second kappa shape index (κ2) is 2.02. The molecule has 3 nitrogen and oxygen atoms in total. The molecule has 0 aliphatic heterocycles. The molecule has 0 aliphatic rings. The SMILES string of the molecule is Cc1cnn2cc(F)cnc12. The van der Waals surface area contributed by atoms with Crippen LogP contribution < -0.4 is 0 Å². The van der Waals surface area contributed by atoms with Crippen LogP contribution in [-0.2, 0) is 0 Å². The molecule has 56 valence electrons. The largest absolute Gasteiger partial charge is 0.234 e. The van der Waals surface area contributed by atoms with E-state index in [1.54, 1.807) is 6.20 Å². The Bertz CT molecular complexity index is 393. The van der Waals surface area contributed by atoms with Crippen LogP contribution in [-0.4, -0.2) is 14.6 Å². The molecule has 0 saturated carbocycles. The fourth-order valence-electron chi connectivity index (χ4n) is 0.970. The Morgan fingerprint density at radius 1 is 1.45 bits per heavy atom. The third kappa shape index (κ3) is 0.869. The van der Waals surface area contributed by atoms with E-state index >= 15 is 0 Å². The quantitative estimate of drug-likeness (QED) is 0.565. The Morgan fingerprint density at radius 2 is 2.27 bits per heavy atom. The Morgan fingerprint density at radius 3 is 3.09 bits per heavy atom. The first-order chi connectivity index (χ1) is 5.27. The molecule has 4 heteroatoms. The number of halogens is 1. The molecule has 0 saturated heterocycles. The predicted octanol–water partition coefficient (Wildman–Crippen LogP) is 1.18. The molecule has 0 atom stereocenters. The molecule has 2 aromatic heterocycles. The van der Waals surface area contributed by atoms with Crippen LogP contribution in [0.25, 0.3) is 5.65 Å². The minimum absolute atomic E-state index is 0.374. The van der Waals surface area contributed by atoms with Gasteiger partial charge in [0.15, 0.2) is 11.5 Å². The summed E-state index contributed by atoms with van der Waals surface area (Å²) in [5.41, 5.74) is 1.65. The standard InChI is InChI=1S/C7H6FN3/c1-5-2-10-11-4-6(8)3-9-7(5)11/h2-4H,1H3. The van der Waals surface area contributed by atoms with Crippen molar-refractivity contribution in [1.29, 1.82) is 0 Å². The molecule has 0 spiro atoms. The van der Waals surface area contributed by atoms with Gasteiger partial charge in [0, 0.05) is 5.56 Å². The molecular formula is C7H6FN3. The average molecular weight is 151 g/mol. The van der Waals surface area contributed by atoms with Crippen LogP contribution in [0.5, 0.6) is 0 Å². The highest BCUT2D eigenvalue weighted by Gasteiger charge is 2.00. The first-order valence-corrected chi connectivity index (χ1v) is 3.23. The van der Waals surface area contributed by atoms with Crippen molar-refractivity contribution in [3.05, 3.63) is 30.0 Å². The predicted molar refractivity (Wildman–Crippen MR) is 37.7 cm³/mol. The molecule has 0 bridgehead atoms. The smallest absolute Gasteiger partial charge is 0.159 e. The molecular weight excluding hydrogens is 145 g/mol. The lowest BCUT2D eigenvalue weighted by Gasteiger charge is -1.91. The molecule has 0 radical (unpaired) electrons. The monoisotopic (exact) mass is 151 g/mol. The topological polar surface area (TPSA) is 30.2 Å². The summed E-state index contributed by atoms with van der Waals surface area (Å²) in [4.78, 5) is 3.87. The summed E-state index contributed by atoms with van der Waals surface area (Å²) in [6.45, 7) is 1.88. The Hall–Kier alpha value is -1.45. The molecule has 2 aromatic rings. The van der Waals surface area contributed by atoms with Gasteiger partial charge in [0.25, 0.3) is 0 Å². The summed E-state index contributed by atoms with van der Waals surface area (Å²) < 4.78 is 13.9. The molecule has 2 rings (SSSR count). The zero-order valence-electron chi connectivity index (χ0n) is 5.95. The van der Waals surface area contributed by atoms with Gasteiger partial charge in [-0.3, -0.25) is 0 Å². The number of fused-ring (bicyclic) bond motifs is 1. The minimum atomic E-state index is -0.374. The number of hydrogen-bond acceptors (Lipinski definition) is 2. The molecule has 11 heavy (non-hydrogen) atoms. The minimum Gasteiger partial charge on any atom is -0.234 e. The number of aryl methyl sites for hydroxylation is 1. The van der Waals surface area contributed by atoms with Crippen molar-refractivity contribution in [2.75, 3.05) is 0 Å². The van der Waals surface area contributed by atoms with Gasteiger partial charge in [-0.15, -0.1) is 0 Å². The zero-order chi connectivity index (χ0) is 7.84. The van der Waals surface area contributed by atoms with E-state index in [1.807, 2.05) is 6.92 Å². The van der Waals surface area contributed by atoms with Crippen molar-refractivity contribution in [3.8, 4) is 0 Å². The first kappa shape index (κ1) is 6.27. The molecule has 0 aliphatic carbocycles. The highest BCUT2D eigenvalue weighted by Crippen LogP contribution is 2.05. The fraction of sp³-hybridized carbons (Fsp3) is 0.143. The summed E-state index contributed by atoms with van der Waals surface area (Å²) >= 11 is 0. The van der Waals surface area contributed by atoms with E-state index in [2.05, 4.69) is 10.1 Å². The van der Waals surface area contributed by atoms with Crippen molar-refractivity contribution in [2.45, 2.75) is 6.92 Å². The molecule has 0 unspecified atom stereocenters. The van der Waals surface area contributed by atoms with Crippen LogP contribution in [0.1, 0.15) is 5.56 Å². The number of aromatic nitrogens is 3. The van der Waals surface area contributed by atoms with E-state index in [9.17, 15) is 4.39 Å². The third-order valence-corrected chi connectivity index (χ3v) is 1.50. The molecule has 0 amide bonds. The highest BCUT2D eigenvalue weighted by molar-refractivity contribution is 5.44. The van der Waals surface area contributed by atoms with E-state index in [1.165, 1.54) is 16.9 Å². The van der Waals surface area contributed by atoms with Gasteiger partial charge in [-0.1, -0.05) is 0 Å². The molecule has 2 heterocycles. The van der Waals surface area contributed by atoms with E-state index in [4.69, 9.17) is 0 Å². The second-order valence-electron chi connectivity index (χ2n) is 2.37. The van der Waals surface area contributed by atoms with E-state index < -0.39 is 0 Å². The summed E-state index contributed by atoms with van der Waals surface area (Å²) in [6.07, 6.45) is 4.14. The second-order valence-corrected chi connectivity index (χ2v) is 2.37. The van der Waals surface area contributed by atoms with Crippen molar-refractivity contribution in [2.24, 2.45) is 0 Å². The fourth-order valence-corrected chi connectivity index (χ4v) is 0.970. The molecule has 0 fully saturated rings. The van der Waals surface area contributed by atoms with Crippen LogP contribution in [0.4, 0.5) is 4.39 Å². The third-order valence-electron chi connectivity index (χ3n) is 1.50. The van der Waals surface area contributed by atoms with Crippen LogP contribution >= 0.6 is 0 Å². The summed E-state index contributed by atoms with van der Waals surface area (Å²) in [5, 5.41) is 3.89. The maximum absolute atomic E-state index is 12.5. The van der Waals surface area contributed by atoms with Gasteiger partial charge in [0.2, 0.25) is 0 Å². The summed E-state index contributed by atoms with van der Waals surface area (Å²) in [5.74, 6) is -0.374. The van der Waals surface area contributed by atoms with Crippen molar-refractivity contribution >= 4 is 5.65 Å². The van der Waals surface area contributed by atoms with Gasteiger partial charge in [-0.2, -0.15) is 5.10 Å². The van der Waals surface area contributed by atoms with Gasteiger partial charge < -0.3 is 0 Å². The Balaban J connectivity index is 2.86. The lowest BCUT2D eigenvalue weighted by molar-refractivity contribution is 0.607. The van der Waals surface area contributed by atoms with Gasteiger partial charge in [-0.25, -0.2) is 13.9 Å². The number of rotatable bonds is 0. The summed E-state index contributed by atoms with van der Waals surface area (Å²) in [7, 11) is 0. The van der Waals surface area contributed by atoms with E-state index in [-0.39, 0.29) is 5.82 Å². The van der Waals surface area contributed by atoms with Crippen LogP contribution in [0.15, 0.2) is 18.6 Å².